The van der Waals surface area contributed by atoms with Crippen molar-refractivity contribution in [1.82, 2.24) is 4.98 Å². The third-order valence-corrected chi connectivity index (χ3v) is 2.45. The van der Waals surface area contributed by atoms with Crippen LogP contribution in [0.5, 0.6) is 11.6 Å². The number of rotatable bonds is 4. The summed E-state index contributed by atoms with van der Waals surface area (Å²) in [6, 6.07) is 7.01. The molecule has 18 heavy (non-hydrogen) atoms. The van der Waals surface area contributed by atoms with Gasteiger partial charge in [-0.05, 0) is 24.1 Å². The van der Waals surface area contributed by atoms with Gasteiger partial charge >= 0.3 is 0 Å². The Morgan fingerprint density at radius 1 is 1.11 bits per heavy atom. The maximum Gasteiger partial charge on any atom is 0.219 e. The van der Waals surface area contributed by atoms with Crippen molar-refractivity contribution in [1.29, 1.82) is 0 Å². The monoisotopic (exact) mass is 249 g/mol. The van der Waals surface area contributed by atoms with Crippen molar-refractivity contribution < 1.29 is 13.5 Å². The Morgan fingerprint density at radius 3 is 2.56 bits per heavy atom. The maximum absolute atomic E-state index is 13.0. The summed E-state index contributed by atoms with van der Waals surface area (Å²) in [7, 11) is 0. The van der Waals surface area contributed by atoms with Crippen LogP contribution < -0.4 is 4.74 Å². The van der Waals surface area contributed by atoms with Crippen LogP contribution in [0.1, 0.15) is 18.9 Å². The van der Waals surface area contributed by atoms with E-state index in [-0.39, 0.29) is 5.75 Å². The number of hydrogen-bond acceptors (Lipinski definition) is 2. The van der Waals surface area contributed by atoms with Gasteiger partial charge in [0.2, 0.25) is 5.88 Å². The van der Waals surface area contributed by atoms with Gasteiger partial charge in [0.05, 0.1) is 0 Å². The molecular formula is C14H13F2NO. The van der Waals surface area contributed by atoms with Crippen molar-refractivity contribution in [3.05, 3.63) is 53.7 Å². The summed E-state index contributed by atoms with van der Waals surface area (Å²) in [6.07, 6.45) is 3.72. The summed E-state index contributed by atoms with van der Waals surface area (Å²) >= 11 is 0. The molecule has 0 fully saturated rings. The number of pyridine rings is 1. The summed E-state index contributed by atoms with van der Waals surface area (Å²) < 4.78 is 31.0. The molecule has 0 saturated heterocycles. The van der Waals surface area contributed by atoms with Crippen LogP contribution in [0.3, 0.4) is 0 Å². The van der Waals surface area contributed by atoms with E-state index in [4.69, 9.17) is 4.74 Å². The standard InChI is InChI=1S/C14H13F2NO/c1-2-3-10-4-7-14(17-9-10)18-11-5-6-12(15)13(16)8-11/h4-9H,2-3H2,1H3. The van der Waals surface area contributed by atoms with E-state index in [1.165, 1.54) is 6.07 Å². The molecule has 0 aliphatic carbocycles. The topological polar surface area (TPSA) is 22.1 Å². The quantitative estimate of drug-likeness (QED) is 0.813. The number of benzene rings is 1. The van der Waals surface area contributed by atoms with E-state index in [0.717, 1.165) is 30.5 Å². The summed E-state index contributed by atoms with van der Waals surface area (Å²) in [4.78, 5) is 4.11. The average Bonchev–Trinajstić information content (AvgIpc) is 2.37. The highest BCUT2D eigenvalue weighted by atomic mass is 19.2. The smallest absolute Gasteiger partial charge is 0.219 e. The average molecular weight is 249 g/mol. The molecule has 94 valence electrons. The van der Waals surface area contributed by atoms with Gasteiger partial charge in [-0.15, -0.1) is 0 Å². The molecule has 1 aromatic heterocycles. The molecule has 0 unspecified atom stereocenters. The van der Waals surface area contributed by atoms with Gasteiger partial charge in [0.1, 0.15) is 5.75 Å². The summed E-state index contributed by atoms with van der Waals surface area (Å²) in [5.74, 6) is -1.24. The molecule has 0 N–H and O–H groups in total. The van der Waals surface area contributed by atoms with Crippen molar-refractivity contribution in [2.24, 2.45) is 0 Å². The van der Waals surface area contributed by atoms with Crippen LogP contribution >= 0.6 is 0 Å². The largest absolute Gasteiger partial charge is 0.439 e. The van der Waals surface area contributed by atoms with E-state index in [2.05, 4.69) is 11.9 Å². The van der Waals surface area contributed by atoms with Gasteiger partial charge in [-0.3, -0.25) is 0 Å². The first-order chi connectivity index (χ1) is 8.69. The predicted octanol–water partition coefficient (Wildman–Crippen LogP) is 4.10. The zero-order chi connectivity index (χ0) is 13.0. The fraction of sp³-hybridized carbons (Fsp3) is 0.214. The lowest BCUT2D eigenvalue weighted by Crippen LogP contribution is -1.91. The fourth-order valence-electron chi connectivity index (χ4n) is 1.57. The lowest BCUT2D eigenvalue weighted by molar-refractivity contribution is 0.447. The third-order valence-electron chi connectivity index (χ3n) is 2.45. The van der Waals surface area contributed by atoms with Crippen LogP contribution in [0.25, 0.3) is 0 Å². The minimum absolute atomic E-state index is 0.227. The molecular weight excluding hydrogens is 236 g/mol. The first-order valence-electron chi connectivity index (χ1n) is 5.77. The van der Waals surface area contributed by atoms with E-state index in [0.29, 0.717) is 5.88 Å². The molecule has 0 amide bonds. The second-order valence-electron chi connectivity index (χ2n) is 3.93. The van der Waals surface area contributed by atoms with Crippen LogP contribution in [0, 0.1) is 11.6 Å². The molecule has 2 rings (SSSR count). The van der Waals surface area contributed by atoms with Crippen molar-refractivity contribution in [3.8, 4) is 11.6 Å². The van der Waals surface area contributed by atoms with Gasteiger partial charge in [-0.25, -0.2) is 13.8 Å². The summed E-state index contributed by atoms with van der Waals surface area (Å²) in [6.45, 7) is 2.09. The Bertz CT molecular complexity index is 526. The van der Waals surface area contributed by atoms with E-state index in [1.807, 2.05) is 6.07 Å². The molecule has 0 aliphatic heterocycles. The van der Waals surface area contributed by atoms with Crippen LogP contribution in [0.2, 0.25) is 0 Å². The fourth-order valence-corrected chi connectivity index (χ4v) is 1.57. The first-order valence-corrected chi connectivity index (χ1v) is 5.77. The minimum atomic E-state index is -0.935. The molecule has 0 saturated carbocycles. The van der Waals surface area contributed by atoms with Crippen LogP contribution in [-0.2, 0) is 6.42 Å². The molecule has 2 nitrogen and oxygen atoms in total. The number of ether oxygens (including phenoxy) is 1. The molecule has 1 aromatic carbocycles. The van der Waals surface area contributed by atoms with Crippen LogP contribution in [-0.4, -0.2) is 4.98 Å². The second-order valence-corrected chi connectivity index (χ2v) is 3.93. The number of halogens is 2. The van der Waals surface area contributed by atoms with Gasteiger partial charge in [-0.1, -0.05) is 19.4 Å². The number of aromatic nitrogens is 1. The summed E-state index contributed by atoms with van der Waals surface area (Å²) in [5, 5.41) is 0. The lowest BCUT2D eigenvalue weighted by Gasteiger charge is -2.05. The van der Waals surface area contributed by atoms with Gasteiger partial charge in [-0.2, -0.15) is 0 Å². The number of nitrogens with zero attached hydrogens (tertiary/aromatic N) is 1. The van der Waals surface area contributed by atoms with Crippen molar-refractivity contribution in [2.75, 3.05) is 0 Å². The van der Waals surface area contributed by atoms with E-state index < -0.39 is 11.6 Å². The van der Waals surface area contributed by atoms with Crippen molar-refractivity contribution >= 4 is 0 Å². The van der Waals surface area contributed by atoms with Crippen molar-refractivity contribution in [3.63, 3.8) is 0 Å². The van der Waals surface area contributed by atoms with Gasteiger partial charge < -0.3 is 4.74 Å². The van der Waals surface area contributed by atoms with E-state index in [9.17, 15) is 8.78 Å². The molecule has 0 spiro atoms. The van der Waals surface area contributed by atoms with Gasteiger partial charge in [0.15, 0.2) is 11.6 Å². The van der Waals surface area contributed by atoms with Gasteiger partial charge in [0, 0.05) is 18.3 Å². The molecule has 1 heterocycles. The minimum Gasteiger partial charge on any atom is -0.439 e. The molecule has 2 aromatic rings. The molecule has 0 aliphatic rings. The normalized spacial score (nSPS) is 10.4. The summed E-state index contributed by atoms with van der Waals surface area (Å²) in [5.41, 5.74) is 1.12. The Morgan fingerprint density at radius 2 is 1.94 bits per heavy atom. The SMILES string of the molecule is CCCc1ccc(Oc2ccc(F)c(F)c2)nc1. The van der Waals surface area contributed by atoms with Crippen LogP contribution in [0.15, 0.2) is 36.5 Å². The Hall–Kier alpha value is -1.97. The Kier molecular flexibility index (Phi) is 3.87. The highest BCUT2D eigenvalue weighted by molar-refractivity contribution is 5.28. The Labute approximate surface area is 104 Å². The number of aryl methyl sites for hydroxylation is 1. The first kappa shape index (κ1) is 12.5. The molecule has 4 heteroatoms. The highest BCUT2D eigenvalue weighted by Gasteiger charge is 2.04. The van der Waals surface area contributed by atoms with Gasteiger partial charge in [0.25, 0.3) is 0 Å². The maximum atomic E-state index is 13.0. The predicted molar refractivity (Wildman–Crippen MR) is 64.7 cm³/mol. The molecule has 0 atom stereocenters. The third kappa shape index (κ3) is 3.03. The van der Waals surface area contributed by atoms with E-state index >= 15 is 0 Å². The van der Waals surface area contributed by atoms with E-state index in [1.54, 1.807) is 12.3 Å². The highest BCUT2D eigenvalue weighted by Crippen LogP contribution is 2.21. The molecule has 0 radical (unpaired) electrons. The van der Waals surface area contributed by atoms with Crippen molar-refractivity contribution in [2.45, 2.75) is 19.8 Å². The van der Waals surface area contributed by atoms with Crippen LogP contribution in [0.4, 0.5) is 8.78 Å². The lowest BCUT2D eigenvalue weighted by atomic mass is 10.2. The number of hydrogen-bond donors (Lipinski definition) is 0. The zero-order valence-electron chi connectivity index (χ0n) is 9.99. The molecule has 0 bridgehead atoms. The zero-order valence-corrected chi connectivity index (χ0v) is 9.99. The Balaban J connectivity index is 2.10. The second kappa shape index (κ2) is 5.58.